The van der Waals surface area contributed by atoms with Crippen LogP contribution in [0.15, 0.2) is 40.5 Å². The minimum absolute atomic E-state index is 0.0217. The van der Waals surface area contributed by atoms with Gasteiger partial charge in [0, 0.05) is 34.9 Å². The van der Waals surface area contributed by atoms with E-state index in [2.05, 4.69) is 13.8 Å². The molecule has 0 bridgehead atoms. The number of Topliss-reactive ketones (excluding diaryl/α,β-unsaturated/α-hetero) is 1. The third kappa shape index (κ3) is 5.07. The van der Waals surface area contributed by atoms with Crippen LogP contribution in [0.25, 0.3) is 0 Å². The van der Waals surface area contributed by atoms with E-state index in [0.717, 1.165) is 49.1 Å². The second kappa shape index (κ2) is 9.44. The number of ether oxygens (including phenoxy) is 2. The number of para-hydroxylation sites is 1. The van der Waals surface area contributed by atoms with E-state index < -0.39 is 11.8 Å². The van der Waals surface area contributed by atoms with Gasteiger partial charge in [0.2, 0.25) is 0 Å². The molecule has 4 rings (SSSR count). The van der Waals surface area contributed by atoms with Crippen molar-refractivity contribution in [3.63, 3.8) is 0 Å². The summed E-state index contributed by atoms with van der Waals surface area (Å²) in [6, 6.07) is 7.79. The Bertz CT molecular complexity index is 981. The number of rotatable bonds is 5. The summed E-state index contributed by atoms with van der Waals surface area (Å²) >= 11 is 0. The fourth-order valence-electron chi connectivity index (χ4n) is 5.61. The fraction of sp³-hybridized carbons (Fsp3) is 0.607. The van der Waals surface area contributed by atoms with Crippen LogP contribution in [0.4, 0.5) is 0 Å². The van der Waals surface area contributed by atoms with Gasteiger partial charge < -0.3 is 9.47 Å². The van der Waals surface area contributed by atoms with Gasteiger partial charge >= 0.3 is 5.97 Å². The number of hydrogen-bond donors (Lipinski definition) is 0. The summed E-state index contributed by atoms with van der Waals surface area (Å²) in [5.41, 5.74) is 2.94. The highest BCUT2D eigenvalue weighted by atomic mass is 16.5. The van der Waals surface area contributed by atoms with Crippen LogP contribution in [0.2, 0.25) is 0 Å². The average molecular weight is 452 g/mol. The Kier molecular flexibility index (Phi) is 6.78. The van der Waals surface area contributed by atoms with Gasteiger partial charge in [-0.25, -0.2) is 0 Å². The van der Waals surface area contributed by atoms with Crippen molar-refractivity contribution >= 4 is 17.5 Å². The number of nitrogens with zero attached hydrogens (tertiary/aromatic N) is 1. The average Bonchev–Trinajstić information content (AvgIpc) is 2.72. The molecule has 1 aromatic carbocycles. The number of aliphatic imine (C=N–C) groups is 1. The lowest BCUT2D eigenvalue weighted by Gasteiger charge is -2.39. The molecule has 0 amide bonds. The molecule has 0 spiro atoms. The zero-order valence-electron chi connectivity index (χ0n) is 20.6. The van der Waals surface area contributed by atoms with E-state index in [0.29, 0.717) is 17.7 Å². The van der Waals surface area contributed by atoms with Crippen LogP contribution in [0.3, 0.4) is 0 Å². The van der Waals surface area contributed by atoms with Crippen molar-refractivity contribution in [2.45, 2.75) is 97.7 Å². The van der Waals surface area contributed by atoms with E-state index >= 15 is 0 Å². The third-order valence-electron chi connectivity index (χ3n) is 7.01. The summed E-state index contributed by atoms with van der Waals surface area (Å²) in [5.74, 6) is -0.527. The molecule has 1 fully saturated rings. The molecule has 0 saturated heterocycles. The molecule has 0 radical (unpaired) electrons. The molecule has 2 atom stereocenters. The van der Waals surface area contributed by atoms with Crippen LogP contribution in [0, 0.1) is 11.3 Å². The monoisotopic (exact) mass is 451 g/mol. The third-order valence-corrected chi connectivity index (χ3v) is 7.01. The van der Waals surface area contributed by atoms with E-state index in [1.165, 1.54) is 6.42 Å². The number of benzene rings is 1. The van der Waals surface area contributed by atoms with Gasteiger partial charge in [-0.3, -0.25) is 14.6 Å². The largest absolute Gasteiger partial charge is 0.491 e. The maximum atomic E-state index is 13.6. The summed E-state index contributed by atoms with van der Waals surface area (Å²) in [4.78, 5) is 32.0. The standard InChI is InChI=1S/C28H37NO4/c1-17(2)32-23-14-10-9-13-20(23)25-24(27(31)33-19-11-7-6-8-12-19)18(3)29-21-15-28(4,5)16-22(30)26(21)25/h9-10,13-14,17,19,24-25H,6-8,11-12,15-16H2,1-5H3/t24?,25-/m0/s1. The van der Waals surface area contributed by atoms with Crippen LogP contribution in [-0.4, -0.2) is 29.7 Å². The maximum absolute atomic E-state index is 13.6. The molecule has 178 valence electrons. The predicted octanol–water partition coefficient (Wildman–Crippen LogP) is 6.17. The van der Waals surface area contributed by atoms with Gasteiger partial charge in [0.25, 0.3) is 0 Å². The first-order chi connectivity index (χ1) is 15.7. The highest BCUT2D eigenvalue weighted by Gasteiger charge is 2.47. The van der Waals surface area contributed by atoms with Crippen molar-refractivity contribution < 1.29 is 19.1 Å². The SMILES string of the molecule is CC1=NC2=C(C(=O)CC(C)(C)C2)[C@@H](c2ccccc2OC(C)C)C1C(=O)OC1CCCCC1. The number of carbonyl (C=O) groups excluding carboxylic acids is 2. The first-order valence-electron chi connectivity index (χ1n) is 12.4. The maximum Gasteiger partial charge on any atom is 0.315 e. The van der Waals surface area contributed by atoms with Crippen LogP contribution in [-0.2, 0) is 14.3 Å². The molecule has 5 nitrogen and oxygen atoms in total. The highest BCUT2D eigenvalue weighted by Crippen LogP contribution is 2.49. The zero-order valence-corrected chi connectivity index (χ0v) is 20.6. The molecular formula is C28H37NO4. The Morgan fingerprint density at radius 1 is 1.09 bits per heavy atom. The van der Waals surface area contributed by atoms with E-state index in [-0.39, 0.29) is 29.4 Å². The number of ketones is 1. The Balaban J connectivity index is 1.79. The van der Waals surface area contributed by atoms with Crippen LogP contribution < -0.4 is 4.74 Å². The van der Waals surface area contributed by atoms with Gasteiger partial charge in [0.15, 0.2) is 5.78 Å². The lowest BCUT2D eigenvalue weighted by molar-refractivity contribution is -0.153. The lowest BCUT2D eigenvalue weighted by Crippen LogP contribution is -2.40. The number of allylic oxidation sites excluding steroid dienone is 2. The molecule has 1 unspecified atom stereocenters. The zero-order chi connectivity index (χ0) is 23.8. The van der Waals surface area contributed by atoms with Crippen molar-refractivity contribution in [3.8, 4) is 5.75 Å². The van der Waals surface area contributed by atoms with Gasteiger partial charge in [0.1, 0.15) is 17.8 Å². The van der Waals surface area contributed by atoms with E-state index in [1.807, 2.05) is 45.0 Å². The van der Waals surface area contributed by atoms with Gasteiger partial charge in [0.05, 0.1) is 6.10 Å². The minimum atomic E-state index is -0.618. The van der Waals surface area contributed by atoms with E-state index in [1.54, 1.807) is 0 Å². The van der Waals surface area contributed by atoms with Crippen LogP contribution in [0.1, 0.15) is 91.0 Å². The quantitative estimate of drug-likeness (QED) is 0.502. The van der Waals surface area contributed by atoms with Crippen LogP contribution >= 0.6 is 0 Å². The second-order valence-electron chi connectivity index (χ2n) is 10.9. The molecule has 0 N–H and O–H groups in total. The number of carbonyl (C=O) groups is 2. The van der Waals surface area contributed by atoms with Gasteiger partial charge in [-0.15, -0.1) is 0 Å². The molecule has 1 aliphatic heterocycles. The molecule has 2 aliphatic carbocycles. The highest BCUT2D eigenvalue weighted by molar-refractivity contribution is 6.09. The molecule has 3 aliphatic rings. The normalized spacial score (nSPS) is 25.5. The summed E-state index contributed by atoms with van der Waals surface area (Å²) < 4.78 is 12.2. The molecule has 1 aromatic rings. The topological polar surface area (TPSA) is 65.0 Å². The molecule has 1 heterocycles. The molecule has 0 aromatic heterocycles. The number of esters is 1. The summed E-state index contributed by atoms with van der Waals surface area (Å²) in [7, 11) is 0. The molecule has 33 heavy (non-hydrogen) atoms. The summed E-state index contributed by atoms with van der Waals surface area (Å²) in [6.07, 6.45) is 6.31. The lowest BCUT2D eigenvalue weighted by atomic mass is 9.66. The Hall–Kier alpha value is -2.43. The van der Waals surface area contributed by atoms with E-state index in [4.69, 9.17) is 14.5 Å². The van der Waals surface area contributed by atoms with Crippen molar-refractivity contribution in [2.75, 3.05) is 0 Å². The van der Waals surface area contributed by atoms with Crippen molar-refractivity contribution in [2.24, 2.45) is 16.3 Å². The minimum Gasteiger partial charge on any atom is -0.491 e. The Morgan fingerprint density at radius 2 is 1.79 bits per heavy atom. The molecular weight excluding hydrogens is 414 g/mol. The smallest absolute Gasteiger partial charge is 0.315 e. The summed E-state index contributed by atoms with van der Waals surface area (Å²) in [5, 5.41) is 0. The van der Waals surface area contributed by atoms with Crippen molar-refractivity contribution in [1.82, 2.24) is 0 Å². The Labute approximate surface area is 197 Å². The first-order valence-corrected chi connectivity index (χ1v) is 12.4. The van der Waals surface area contributed by atoms with Crippen LogP contribution in [0.5, 0.6) is 5.75 Å². The summed E-state index contributed by atoms with van der Waals surface area (Å²) in [6.45, 7) is 10.1. The Morgan fingerprint density at radius 3 is 2.48 bits per heavy atom. The predicted molar refractivity (Wildman–Crippen MR) is 130 cm³/mol. The fourth-order valence-corrected chi connectivity index (χ4v) is 5.61. The van der Waals surface area contributed by atoms with Gasteiger partial charge in [-0.2, -0.15) is 0 Å². The first kappa shape index (κ1) is 23.7. The molecule has 5 heteroatoms. The number of hydrogen-bond acceptors (Lipinski definition) is 5. The van der Waals surface area contributed by atoms with E-state index in [9.17, 15) is 9.59 Å². The van der Waals surface area contributed by atoms with Crippen molar-refractivity contribution in [3.05, 3.63) is 41.1 Å². The van der Waals surface area contributed by atoms with Gasteiger partial charge in [-0.1, -0.05) is 38.5 Å². The van der Waals surface area contributed by atoms with Crippen molar-refractivity contribution in [1.29, 1.82) is 0 Å². The molecule has 1 saturated carbocycles. The van der Waals surface area contributed by atoms with Gasteiger partial charge in [-0.05, 0) is 64.4 Å². The second-order valence-corrected chi connectivity index (χ2v) is 10.9.